The third-order valence-electron chi connectivity index (χ3n) is 4.99. The molecule has 3 N–H and O–H groups in total. The van der Waals surface area contributed by atoms with Gasteiger partial charge in [0.05, 0.1) is 17.6 Å². The molecule has 150 valence electrons. The van der Waals surface area contributed by atoms with Crippen molar-refractivity contribution in [3.63, 3.8) is 0 Å². The SMILES string of the molecule is Cc1cnc(CC2CN(C(=O)Nc3nc(-c4ccc(F)cc4C)ccc3N)C2)o1. The molecule has 0 aliphatic carbocycles. The van der Waals surface area contributed by atoms with Crippen molar-refractivity contribution in [1.82, 2.24) is 14.9 Å². The highest BCUT2D eigenvalue weighted by molar-refractivity contribution is 5.92. The van der Waals surface area contributed by atoms with Gasteiger partial charge in [0, 0.05) is 31.0 Å². The Morgan fingerprint density at radius 1 is 1.31 bits per heavy atom. The standard InChI is InChI=1S/C21H22FN5O2/c1-12-7-15(22)3-4-16(12)18-6-5-17(23)20(25-18)26-21(28)27-10-14(11-27)8-19-24-9-13(2)29-19/h3-7,9,14H,8,10-11,23H2,1-2H3,(H,25,26,28). The van der Waals surface area contributed by atoms with Crippen molar-refractivity contribution in [3.05, 3.63) is 59.6 Å². The lowest BCUT2D eigenvalue weighted by Gasteiger charge is -2.38. The van der Waals surface area contributed by atoms with Gasteiger partial charge in [0.25, 0.3) is 0 Å². The number of nitrogens with zero attached hydrogens (tertiary/aromatic N) is 3. The van der Waals surface area contributed by atoms with Gasteiger partial charge in [-0.15, -0.1) is 0 Å². The van der Waals surface area contributed by atoms with Crippen LogP contribution in [-0.4, -0.2) is 34.0 Å². The minimum absolute atomic E-state index is 0.253. The van der Waals surface area contributed by atoms with E-state index >= 15 is 0 Å². The Hall–Kier alpha value is -3.42. The van der Waals surface area contributed by atoms with Crippen molar-refractivity contribution in [2.45, 2.75) is 20.3 Å². The zero-order valence-corrected chi connectivity index (χ0v) is 16.3. The molecular weight excluding hydrogens is 373 g/mol. The van der Waals surface area contributed by atoms with Gasteiger partial charge in [-0.3, -0.25) is 5.32 Å². The second-order valence-electron chi connectivity index (χ2n) is 7.36. The van der Waals surface area contributed by atoms with E-state index in [-0.39, 0.29) is 11.8 Å². The van der Waals surface area contributed by atoms with E-state index in [9.17, 15) is 9.18 Å². The molecule has 1 aliphatic rings. The van der Waals surface area contributed by atoms with Gasteiger partial charge >= 0.3 is 6.03 Å². The lowest BCUT2D eigenvalue weighted by atomic mass is 9.97. The van der Waals surface area contributed by atoms with E-state index in [4.69, 9.17) is 10.2 Å². The summed E-state index contributed by atoms with van der Waals surface area (Å²) in [5, 5.41) is 2.78. The summed E-state index contributed by atoms with van der Waals surface area (Å²) in [6.45, 7) is 4.90. The van der Waals surface area contributed by atoms with Crippen molar-refractivity contribution in [2.24, 2.45) is 5.92 Å². The number of nitrogen functional groups attached to an aromatic ring is 1. The van der Waals surface area contributed by atoms with Crippen LogP contribution in [0.15, 0.2) is 40.9 Å². The summed E-state index contributed by atoms with van der Waals surface area (Å²) in [6.07, 6.45) is 2.40. The van der Waals surface area contributed by atoms with Crippen LogP contribution in [0.25, 0.3) is 11.3 Å². The molecule has 0 radical (unpaired) electrons. The van der Waals surface area contributed by atoms with Gasteiger partial charge in [0.2, 0.25) is 0 Å². The van der Waals surface area contributed by atoms with Gasteiger partial charge in [-0.05, 0) is 49.7 Å². The number of anilines is 2. The van der Waals surface area contributed by atoms with Gasteiger partial charge in [-0.2, -0.15) is 0 Å². The highest BCUT2D eigenvalue weighted by Crippen LogP contribution is 2.27. The number of carbonyl (C=O) groups excluding carboxylic acids is 1. The van der Waals surface area contributed by atoms with E-state index in [1.165, 1.54) is 12.1 Å². The molecule has 3 aromatic rings. The van der Waals surface area contributed by atoms with E-state index in [1.807, 2.05) is 13.8 Å². The average Bonchev–Trinajstić information content (AvgIpc) is 3.05. The summed E-state index contributed by atoms with van der Waals surface area (Å²) in [7, 11) is 0. The van der Waals surface area contributed by atoms with Crippen molar-refractivity contribution in [3.8, 4) is 11.3 Å². The molecule has 1 aliphatic heterocycles. The number of carbonyl (C=O) groups is 1. The molecule has 3 heterocycles. The van der Waals surface area contributed by atoms with Gasteiger partial charge in [-0.1, -0.05) is 0 Å². The van der Waals surface area contributed by atoms with E-state index in [2.05, 4.69) is 15.3 Å². The Kier molecular flexibility index (Phi) is 4.92. The fraction of sp³-hybridized carbons (Fsp3) is 0.286. The monoisotopic (exact) mass is 395 g/mol. The summed E-state index contributed by atoms with van der Waals surface area (Å²) in [5.41, 5.74) is 8.52. The topological polar surface area (TPSA) is 97.3 Å². The number of hydrogen-bond acceptors (Lipinski definition) is 5. The highest BCUT2D eigenvalue weighted by atomic mass is 19.1. The molecule has 1 saturated heterocycles. The number of nitrogens with one attached hydrogen (secondary N) is 1. The minimum Gasteiger partial charge on any atom is -0.446 e. The lowest BCUT2D eigenvalue weighted by molar-refractivity contribution is 0.126. The molecule has 0 bridgehead atoms. The number of halogens is 1. The van der Waals surface area contributed by atoms with Crippen LogP contribution >= 0.6 is 0 Å². The third-order valence-corrected chi connectivity index (χ3v) is 4.99. The van der Waals surface area contributed by atoms with Crippen LogP contribution in [0.1, 0.15) is 17.2 Å². The molecule has 0 unspecified atom stereocenters. The van der Waals surface area contributed by atoms with Crippen molar-refractivity contribution >= 4 is 17.5 Å². The number of hydrogen-bond donors (Lipinski definition) is 2. The summed E-state index contributed by atoms with van der Waals surface area (Å²) < 4.78 is 18.9. The first kappa shape index (κ1) is 18.9. The molecule has 2 aromatic heterocycles. The first-order valence-electron chi connectivity index (χ1n) is 9.39. The van der Waals surface area contributed by atoms with Crippen LogP contribution in [0.4, 0.5) is 20.7 Å². The van der Waals surface area contributed by atoms with Crippen molar-refractivity contribution in [1.29, 1.82) is 0 Å². The summed E-state index contributed by atoms with van der Waals surface area (Å²) in [4.78, 5) is 22.9. The molecule has 4 rings (SSSR count). The van der Waals surface area contributed by atoms with Crippen LogP contribution in [0.3, 0.4) is 0 Å². The maximum atomic E-state index is 13.4. The summed E-state index contributed by atoms with van der Waals surface area (Å²) in [6, 6.07) is 7.68. The zero-order valence-electron chi connectivity index (χ0n) is 16.3. The number of aryl methyl sites for hydroxylation is 2. The van der Waals surface area contributed by atoms with E-state index in [0.29, 0.717) is 48.5 Å². The molecule has 1 fully saturated rings. The maximum absolute atomic E-state index is 13.4. The minimum atomic E-state index is -0.303. The number of pyridine rings is 1. The second kappa shape index (κ2) is 7.54. The molecule has 29 heavy (non-hydrogen) atoms. The predicted octanol–water partition coefficient (Wildman–Crippen LogP) is 3.78. The molecule has 0 spiro atoms. The van der Waals surface area contributed by atoms with Crippen LogP contribution in [-0.2, 0) is 6.42 Å². The Labute approximate surface area is 167 Å². The van der Waals surface area contributed by atoms with Gasteiger partial charge in [0.15, 0.2) is 11.7 Å². The quantitative estimate of drug-likeness (QED) is 0.701. The number of rotatable bonds is 4. The lowest BCUT2D eigenvalue weighted by Crippen LogP contribution is -2.52. The Bertz CT molecular complexity index is 1060. The predicted molar refractivity (Wildman–Crippen MR) is 108 cm³/mol. The van der Waals surface area contributed by atoms with E-state index in [1.54, 1.807) is 29.3 Å². The van der Waals surface area contributed by atoms with Crippen LogP contribution < -0.4 is 11.1 Å². The fourth-order valence-corrected chi connectivity index (χ4v) is 3.42. The van der Waals surface area contributed by atoms with Crippen LogP contribution in [0.2, 0.25) is 0 Å². The van der Waals surface area contributed by atoms with Gasteiger partial charge in [-0.25, -0.2) is 19.2 Å². The Balaban J connectivity index is 1.41. The fourth-order valence-electron chi connectivity index (χ4n) is 3.42. The Morgan fingerprint density at radius 3 is 2.79 bits per heavy atom. The van der Waals surface area contributed by atoms with E-state index in [0.717, 1.165) is 16.9 Å². The number of amides is 2. The maximum Gasteiger partial charge on any atom is 0.323 e. The molecule has 2 amide bonds. The average molecular weight is 395 g/mol. The molecular formula is C21H22FN5O2. The summed E-state index contributed by atoms with van der Waals surface area (Å²) >= 11 is 0. The number of nitrogens with two attached hydrogens (primary N) is 1. The van der Waals surface area contributed by atoms with Crippen LogP contribution in [0, 0.1) is 25.6 Å². The van der Waals surface area contributed by atoms with Crippen molar-refractivity contribution < 1.29 is 13.6 Å². The number of aromatic nitrogens is 2. The molecule has 1 aromatic carbocycles. The molecule has 8 heteroatoms. The number of benzene rings is 1. The summed E-state index contributed by atoms with van der Waals surface area (Å²) in [5.74, 6) is 1.79. The number of likely N-dealkylation sites (tertiary alicyclic amines) is 1. The zero-order chi connectivity index (χ0) is 20.5. The van der Waals surface area contributed by atoms with Gasteiger partial charge in [0.1, 0.15) is 11.6 Å². The van der Waals surface area contributed by atoms with Crippen molar-refractivity contribution in [2.75, 3.05) is 24.1 Å². The molecule has 7 nitrogen and oxygen atoms in total. The first-order valence-corrected chi connectivity index (χ1v) is 9.39. The largest absolute Gasteiger partial charge is 0.446 e. The smallest absolute Gasteiger partial charge is 0.323 e. The highest BCUT2D eigenvalue weighted by Gasteiger charge is 2.32. The number of urea groups is 1. The van der Waals surface area contributed by atoms with E-state index < -0.39 is 0 Å². The molecule has 0 saturated carbocycles. The van der Waals surface area contributed by atoms with Gasteiger partial charge < -0.3 is 15.1 Å². The normalized spacial score (nSPS) is 14.0. The third kappa shape index (κ3) is 4.06. The first-order chi connectivity index (χ1) is 13.9. The van der Waals surface area contributed by atoms with Crippen LogP contribution in [0.5, 0.6) is 0 Å². The molecule has 0 atom stereocenters. The number of oxazole rings is 1. The second-order valence-corrected chi connectivity index (χ2v) is 7.36. The Morgan fingerprint density at radius 2 is 2.10 bits per heavy atom.